The Bertz CT molecular complexity index is 374. The SMILES string of the molecule is CNC(CC1CCCC1)c1ccc(F)c(Cl)c1. The summed E-state index contributed by atoms with van der Waals surface area (Å²) in [5, 5.41) is 3.53. The maximum atomic E-state index is 13.1. The lowest BCUT2D eigenvalue weighted by Crippen LogP contribution is -2.19. The molecule has 1 atom stereocenters. The van der Waals surface area contributed by atoms with Gasteiger partial charge in [-0.2, -0.15) is 0 Å². The number of nitrogens with one attached hydrogen (secondary N) is 1. The van der Waals surface area contributed by atoms with Crippen molar-refractivity contribution in [3.63, 3.8) is 0 Å². The van der Waals surface area contributed by atoms with E-state index < -0.39 is 0 Å². The van der Waals surface area contributed by atoms with Gasteiger partial charge in [-0.3, -0.25) is 0 Å². The van der Waals surface area contributed by atoms with Crippen molar-refractivity contribution >= 4 is 11.6 Å². The number of benzene rings is 1. The van der Waals surface area contributed by atoms with Gasteiger partial charge in [0.15, 0.2) is 0 Å². The average molecular weight is 256 g/mol. The standard InChI is InChI=1S/C14H19ClFN/c1-17-14(8-10-4-2-3-5-10)11-6-7-13(16)12(15)9-11/h6-7,9-10,14,17H,2-5,8H2,1H3. The van der Waals surface area contributed by atoms with Crippen LogP contribution >= 0.6 is 11.6 Å². The first kappa shape index (κ1) is 12.8. The molecule has 0 radical (unpaired) electrons. The van der Waals surface area contributed by atoms with E-state index in [0.29, 0.717) is 0 Å². The second-order valence-electron chi connectivity index (χ2n) is 4.90. The van der Waals surface area contributed by atoms with Crippen LogP contribution in [0.15, 0.2) is 18.2 Å². The van der Waals surface area contributed by atoms with Gasteiger partial charge in [-0.05, 0) is 37.1 Å². The van der Waals surface area contributed by atoms with Crippen LogP contribution in [0.5, 0.6) is 0 Å². The van der Waals surface area contributed by atoms with Crippen LogP contribution in [0.25, 0.3) is 0 Å². The Kier molecular flexibility index (Phi) is 4.41. The summed E-state index contributed by atoms with van der Waals surface area (Å²) in [5.74, 6) is 0.461. The van der Waals surface area contributed by atoms with Crippen LogP contribution in [-0.2, 0) is 0 Å². The Morgan fingerprint density at radius 1 is 1.41 bits per heavy atom. The first-order valence-electron chi connectivity index (χ1n) is 6.33. The van der Waals surface area contributed by atoms with Crippen LogP contribution in [0.2, 0.25) is 5.02 Å². The normalized spacial score (nSPS) is 18.5. The van der Waals surface area contributed by atoms with E-state index in [2.05, 4.69) is 5.32 Å². The molecule has 1 aliphatic rings. The lowest BCUT2D eigenvalue weighted by molar-refractivity contribution is 0.413. The van der Waals surface area contributed by atoms with E-state index in [4.69, 9.17) is 11.6 Å². The number of halogens is 2. The van der Waals surface area contributed by atoms with Gasteiger partial charge in [-0.1, -0.05) is 43.4 Å². The van der Waals surface area contributed by atoms with Crippen LogP contribution in [-0.4, -0.2) is 7.05 Å². The van der Waals surface area contributed by atoms with Crippen molar-refractivity contribution in [2.24, 2.45) is 5.92 Å². The van der Waals surface area contributed by atoms with Crippen molar-refractivity contribution in [3.8, 4) is 0 Å². The topological polar surface area (TPSA) is 12.0 Å². The molecule has 0 saturated heterocycles. The predicted octanol–water partition coefficient (Wildman–Crippen LogP) is 4.32. The molecule has 17 heavy (non-hydrogen) atoms. The zero-order chi connectivity index (χ0) is 12.3. The smallest absolute Gasteiger partial charge is 0.141 e. The van der Waals surface area contributed by atoms with Crippen LogP contribution in [0, 0.1) is 11.7 Å². The summed E-state index contributed by atoms with van der Waals surface area (Å²) in [4.78, 5) is 0. The molecular weight excluding hydrogens is 237 g/mol. The minimum Gasteiger partial charge on any atom is -0.313 e. The molecule has 0 bridgehead atoms. The summed E-state index contributed by atoms with van der Waals surface area (Å²) in [6.07, 6.45) is 6.48. The maximum absolute atomic E-state index is 13.1. The largest absolute Gasteiger partial charge is 0.313 e. The van der Waals surface area contributed by atoms with E-state index in [1.165, 1.54) is 31.7 Å². The molecular formula is C14H19ClFN. The summed E-state index contributed by atoms with van der Waals surface area (Å²) < 4.78 is 13.1. The number of hydrogen-bond acceptors (Lipinski definition) is 1. The highest BCUT2D eigenvalue weighted by molar-refractivity contribution is 6.30. The highest BCUT2D eigenvalue weighted by Crippen LogP contribution is 2.33. The Hall–Kier alpha value is -0.600. The van der Waals surface area contributed by atoms with Crippen molar-refractivity contribution in [1.82, 2.24) is 5.32 Å². The van der Waals surface area contributed by atoms with E-state index in [-0.39, 0.29) is 16.9 Å². The second-order valence-corrected chi connectivity index (χ2v) is 5.31. The molecule has 1 unspecified atom stereocenters. The zero-order valence-electron chi connectivity index (χ0n) is 10.2. The minimum atomic E-state index is -0.342. The van der Waals surface area contributed by atoms with Crippen molar-refractivity contribution in [3.05, 3.63) is 34.6 Å². The highest BCUT2D eigenvalue weighted by atomic mass is 35.5. The lowest BCUT2D eigenvalue weighted by Gasteiger charge is -2.20. The molecule has 1 saturated carbocycles. The third-order valence-electron chi connectivity index (χ3n) is 3.74. The molecule has 0 aliphatic heterocycles. The molecule has 1 aliphatic carbocycles. The van der Waals surface area contributed by atoms with E-state index in [1.807, 2.05) is 13.1 Å². The number of rotatable bonds is 4. The molecule has 1 fully saturated rings. The van der Waals surface area contributed by atoms with E-state index in [9.17, 15) is 4.39 Å². The quantitative estimate of drug-likeness (QED) is 0.845. The fourth-order valence-corrected chi connectivity index (χ4v) is 2.92. The highest BCUT2D eigenvalue weighted by Gasteiger charge is 2.20. The van der Waals surface area contributed by atoms with Crippen molar-refractivity contribution in [2.75, 3.05) is 7.05 Å². The average Bonchev–Trinajstić information content (AvgIpc) is 2.82. The molecule has 1 aromatic carbocycles. The molecule has 0 spiro atoms. The molecule has 0 heterocycles. The zero-order valence-corrected chi connectivity index (χ0v) is 10.9. The van der Waals surface area contributed by atoms with Crippen LogP contribution < -0.4 is 5.32 Å². The van der Waals surface area contributed by atoms with Gasteiger partial charge in [0.2, 0.25) is 0 Å². The lowest BCUT2D eigenvalue weighted by atomic mass is 9.94. The minimum absolute atomic E-state index is 0.217. The van der Waals surface area contributed by atoms with Gasteiger partial charge in [0.05, 0.1) is 5.02 Å². The van der Waals surface area contributed by atoms with Gasteiger partial charge in [-0.25, -0.2) is 4.39 Å². The molecule has 1 nitrogen and oxygen atoms in total. The Morgan fingerprint density at radius 3 is 2.71 bits per heavy atom. The summed E-state index contributed by atoms with van der Waals surface area (Å²) in [6, 6.07) is 5.32. The first-order valence-corrected chi connectivity index (χ1v) is 6.70. The summed E-state index contributed by atoms with van der Waals surface area (Å²) in [5.41, 5.74) is 1.09. The van der Waals surface area contributed by atoms with E-state index in [0.717, 1.165) is 17.9 Å². The molecule has 1 N–H and O–H groups in total. The van der Waals surface area contributed by atoms with Gasteiger partial charge in [0.1, 0.15) is 5.82 Å². The van der Waals surface area contributed by atoms with E-state index in [1.54, 1.807) is 6.07 Å². The molecule has 94 valence electrons. The van der Waals surface area contributed by atoms with Crippen molar-refractivity contribution in [1.29, 1.82) is 0 Å². The van der Waals surface area contributed by atoms with Gasteiger partial charge >= 0.3 is 0 Å². The maximum Gasteiger partial charge on any atom is 0.141 e. The molecule has 0 aromatic heterocycles. The Labute approximate surface area is 107 Å². The Balaban J connectivity index is 2.08. The molecule has 0 amide bonds. The monoisotopic (exact) mass is 255 g/mol. The molecule has 3 heteroatoms. The summed E-state index contributed by atoms with van der Waals surface area (Å²) in [6.45, 7) is 0. The van der Waals surface area contributed by atoms with Gasteiger partial charge in [0, 0.05) is 6.04 Å². The predicted molar refractivity (Wildman–Crippen MR) is 69.8 cm³/mol. The van der Waals surface area contributed by atoms with Gasteiger partial charge in [0.25, 0.3) is 0 Å². The van der Waals surface area contributed by atoms with Crippen molar-refractivity contribution in [2.45, 2.75) is 38.1 Å². The summed E-state index contributed by atoms with van der Waals surface area (Å²) >= 11 is 5.83. The van der Waals surface area contributed by atoms with E-state index >= 15 is 0 Å². The fraction of sp³-hybridized carbons (Fsp3) is 0.571. The Morgan fingerprint density at radius 2 is 2.12 bits per heavy atom. The van der Waals surface area contributed by atoms with Gasteiger partial charge in [-0.15, -0.1) is 0 Å². The van der Waals surface area contributed by atoms with Crippen molar-refractivity contribution < 1.29 is 4.39 Å². The third-order valence-corrected chi connectivity index (χ3v) is 4.03. The fourth-order valence-electron chi connectivity index (χ4n) is 2.73. The first-order chi connectivity index (χ1) is 8.20. The van der Waals surface area contributed by atoms with Crippen LogP contribution in [0.3, 0.4) is 0 Å². The third kappa shape index (κ3) is 3.20. The van der Waals surface area contributed by atoms with Gasteiger partial charge < -0.3 is 5.32 Å². The molecule has 1 aromatic rings. The summed E-state index contributed by atoms with van der Waals surface area (Å²) in [7, 11) is 1.96. The number of hydrogen-bond donors (Lipinski definition) is 1. The van der Waals surface area contributed by atoms with Crippen LogP contribution in [0.1, 0.15) is 43.7 Å². The second kappa shape index (κ2) is 5.83. The van der Waals surface area contributed by atoms with Crippen LogP contribution in [0.4, 0.5) is 4.39 Å². The molecule has 2 rings (SSSR count).